The van der Waals surface area contributed by atoms with Gasteiger partial charge in [-0.2, -0.15) is 0 Å². The number of primary amides is 1. The number of thiophene rings is 1. The molecule has 0 unspecified atom stereocenters. The lowest BCUT2D eigenvalue weighted by molar-refractivity contribution is 0.100. The Morgan fingerprint density at radius 2 is 2.16 bits per heavy atom. The van der Waals surface area contributed by atoms with Gasteiger partial charge in [0.2, 0.25) is 0 Å². The van der Waals surface area contributed by atoms with E-state index in [1.807, 2.05) is 13.8 Å². The molecule has 1 heterocycles. The molecule has 6 heteroatoms. The Kier molecular flexibility index (Phi) is 3.62. The predicted octanol–water partition coefficient (Wildman–Crippen LogP) is 2.43. The molecule has 1 aromatic heterocycles. The molecule has 5 N–H and O–H groups in total. The van der Waals surface area contributed by atoms with E-state index < -0.39 is 5.91 Å². The molecule has 0 spiro atoms. The first-order valence-electron chi connectivity index (χ1n) is 6.45. The van der Waals surface area contributed by atoms with Crippen molar-refractivity contribution in [1.82, 2.24) is 0 Å². The first-order valence-corrected chi connectivity index (χ1v) is 7.26. The lowest BCUT2D eigenvalue weighted by Crippen LogP contribution is -2.13. The van der Waals surface area contributed by atoms with Crippen molar-refractivity contribution in [2.75, 3.05) is 17.6 Å². The third kappa shape index (κ3) is 3.12. The van der Waals surface area contributed by atoms with Gasteiger partial charge in [0.15, 0.2) is 5.75 Å². The molecule has 0 atom stereocenters. The van der Waals surface area contributed by atoms with Gasteiger partial charge in [0.25, 0.3) is 5.91 Å². The Labute approximate surface area is 117 Å². The molecule has 1 saturated carbocycles. The van der Waals surface area contributed by atoms with Crippen molar-refractivity contribution in [2.24, 2.45) is 11.1 Å². The number of nitrogen functional groups attached to an aromatic ring is 1. The average molecular weight is 283 g/mol. The molecule has 1 amide bonds. The van der Waals surface area contributed by atoms with Gasteiger partial charge in [-0.15, -0.1) is 11.3 Å². The molecule has 1 aromatic rings. The summed E-state index contributed by atoms with van der Waals surface area (Å²) in [6.45, 7) is 6.94. The van der Waals surface area contributed by atoms with E-state index in [1.54, 1.807) is 0 Å². The molecule has 1 fully saturated rings. The molecular formula is C13H21N3O2S. The van der Waals surface area contributed by atoms with Crippen LogP contribution in [0.25, 0.3) is 0 Å². The van der Waals surface area contributed by atoms with E-state index in [0.717, 1.165) is 11.5 Å². The van der Waals surface area contributed by atoms with Crippen molar-refractivity contribution in [3.05, 3.63) is 4.88 Å². The largest absolute Gasteiger partial charge is 0.486 e. The first kappa shape index (κ1) is 14.0. The van der Waals surface area contributed by atoms with Gasteiger partial charge in [-0.25, -0.2) is 0 Å². The van der Waals surface area contributed by atoms with Crippen molar-refractivity contribution in [3.63, 3.8) is 0 Å². The highest BCUT2D eigenvalue weighted by molar-refractivity contribution is 7.19. The second kappa shape index (κ2) is 4.92. The topological polar surface area (TPSA) is 90.4 Å². The summed E-state index contributed by atoms with van der Waals surface area (Å²) >= 11 is 1.27. The van der Waals surface area contributed by atoms with Crippen LogP contribution in [-0.2, 0) is 0 Å². The number of nitrogens with two attached hydrogens (primary N) is 2. The van der Waals surface area contributed by atoms with Gasteiger partial charge >= 0.3 is 0 Å². The van der Waals surface area contributed by atoms with Crippen LogP contribution in [0.15, 0.2) is 0 Å². The van der Waals surface area contributed by atoms with E-state index >= 15 is 0 Å². The Hall–Kier alpha value is -1.43. The molecule has 0 radical (unpaired) electrons. The average Bonchev–Trinajstić information content (AvgIpc) is 2.96. The third-order valence-electron chi connectivity index (χ3n) is 3.26. The summed E-state index contributed by atoms with van der Waals surface area (Å²) in [6, 6.07) is 0. The van der Waals surface area contributed by atoms with Crippen LogP contribution < -0.4 is 21.5 Å². The van der Waals surface area contributed by atoms with Gasteiger partial charge in [0.05, 0.1) is 6.10 Å². The van der Waals surface area contributed by atoms with Gasteiger partial charge in [-0.3, -0.25) is 4.79 Å². The summed E-state index contributed by atoms with van der Waals surface area (Å²) in [5.41, 5.74) is 12.0. The molecule has 2 rings (SSSR count). The van der Waals surface area contributed by atoms with Crippen LogP contribution in [-0.4, -0.2) is 18.6 Å². The zero-order valence-corrected chi connectivity index (χ0v) is 12.4. The van der Waals surface area contributed by atoms with Gasteiger partial charge in [0.1, 0.15) is 15.6 Å². The van der Waals surface area contributed by atoms with Crippen molar-refractivity contribution in [2.45, 2.75) is 39.7 Å². The first-order chi connectivity index (χ1) is 8.82. The standard InChI is InChI=1S/C13H21N3O2S/c1-7(2)18-9-8(14)10(11(15)17)19-12(9)16-6-13(3)4-5-13/h7,16H,4-6,14H2,1-3H3,(H2,15,17). The van der Waals surface area contributed by atoms with E-state index in [0.29, 0.717) is 21.7 Å². The van der Waals surface area contributed by atoms with Gasteiger partial charge in [-0.1, -0.05) is 6.92 Å². The number of carbonyl (C=O) groups is 1. The fourth-order valence-electron chi connectivity index (χ4n) is 1.76. The fourth-order valence-corrected chi connectivity index (χ4v) is 2.67. The maximum Gasteiger partial charge on any atom is 0.261 e. The van der Waals surface area contributed by atoms with Crippen LogP contribution in [0.2, 0.25) is 0 Å². The number of carbonyl (C=O) groups excluding carboxylic acids is 1. The monoisotopic (exact) mass is 283 g/mol. The minimum atomic E-state index is -0.512. The van der Waals surface area contributed by atoms with Gasteiger partial charge in [-0.05, 0) is 32.1 Å². The van der Waals surface area contributed by atoms with Crippen molar-refractivity contribution in [1.29, 1.82) is 0 Å². The highest BCUT2D eigenvalue weighted by atomic mass is 32.1. The van der Waals surface area contributed by atoms with Crippen LogP contribution in [0.3, 0.4) is 0 Å². The quantitative estimate of drug-likeness (QED) is 0.748. The van der Waals surface area contributed by atoms with E-state index in [-0.39, 0.29) is 6.10 Å². The van der Waals surface area contributed by atoms with E-state index in [2.05, 4.69) is 12.2 Å². The summed E-state index contributed by atoms with van der Waals surface area (Å²) in [6.07, 6.45) is 2.45. The molecule has 106 valence electrons. The number of hydrogen-bond acceptors (Lipinski definition) is 5. The van der Waals surface area contributed by atoms with Crippen molar-refractivity contribution in [3.8, 4) is 5.75 Å². The number of ether oxygens (including phenoxy) is 1. The Balaban J connectivity index is 2.23. The summed E-state index contributed by atoms with van der Waals surface area (Å²) in [4.78, 5) is 11.7. The third-order valence-corrected chi connectivity index (χ3v) is 4.42. The maximum atomic E-state index is 11.4. The molecule has 0 bridgehead atoms. The van der Waals surface area contributed by atoms with Crippen LogP contribution in [0.4, 0.5) is 10.7 Å². The Bertz CT molecular complexity index is 492. The molecule has 0 aliphatic heterocycles. The van der Waals surface area contributed by atoms with Crippen molar-refractivity contribution < 1.29 is 9.53 Å². The molecule has 19 heavy (non-hydrogen) atoms. The van der Waals surface area contributed by atoms with Gasteiger partial charge in [0, 0.05) is 6.54 Å². The zero-order chi connectivity index (χ0) is 14.2. The van der Waals surface area contributed by atoms with Crippen LogP contribution in [0.5, 0.6) is 5.75 Å². The summed E-state index contributed by atoms with van der Waals surface area (Å²) in [7, 11) is 0. The Morgan fingerprint density at radius 3 is 2.63 bits per heavy atom. The molecule has 0 saturated heterocycles. The van der Waals surface area contributed by atoms with Crippen LogP contribution in [0, 0.1) is 5.41 Å². The second-order valence-electron chi connectivity index (χ2n) is 5.70. The highest BCUT2D eigenvalue weighted by Crippen LogP contribution is 2.47. The molecule has 1 aliphatic rings. The lowest BCUT2D eigenvalue weighted by atomic mass is 10.1. The minimum absolute atomic E-state index is 0.00492. The van der Waals surface area contributed by atoms with Gasteiger partial charge < -0.3 is 21.5 Å². The summed E-state index contributed by atoms with van der Waals surface area (Å²) in [5.74, 6) is 0.0415. The van der Waals surface area contributed by atoms with Crippen LogP contribution >= 0.6 is 11.3 Å². The number of anilines is 2. The number of amides is 1. The summed E-state index contributed by atoms with van der Waals surface area (Å²) in [5, 5.41) is 4.14. The summed E-state index contributed by atoms with van der Waals surface area (Å²) < 4.78 is 5.71. The molecular weight excluding hydrogens is 262 g/mol. The molecule has 5 nitrogen and oxygen atoms in total. The number of hydrogen-bond donors (Lipinski definition) is 3. The fraction of sp³-hybridized carbons (Fsp3) is 0.615. The number of nitrogens with one attached hydrogen (secondary N) is 1. The smallest absolute Gasteiger partial charge is 0.261 e. The zero-order valence-electron chi connectivity index (χ0n) is 11.6. The SMILES string of the molecule is CC(C)Oc1c(NCC2(C)CC2)sc(C(N)=O)c1N. The number of rotatable bonds is 6. The highest BCUT2D eigenvalue weighted by Gasteiger charge is 2.37. The van der Waals surface area contributed by atoms with E-state index in [4.69, 9.17) is 16.2 Å². The normalized spacial score (nSPS) is 16.4. The van der Waals surface area contributed by atoms with Crippen molar-refractivity contribution >= 4 is 27.9 Å². The predicted molar refractivity (Wildman–Crippen MR) is 78.8 cm³/mol. The van der Waals surface area contributed by atoms with Crippen LogP contribution in [0.1, 0.15) is 43.3 Å². The Morgan fingerprint density at radius 1 is 1.53 bits per heavy atom. The maximum absolute atomic E-state index is 11.4. The van der Waals surface area contributed by atoms with E-state index in [9.17, 15) is 4.79 Å². The molecule has 0 aromatic carbocycles. The molecule has 1 aliphatic carbocycles. The lowest BCUT2D eigenvalue weighted by Gasteiger charge is -2.14. The minimum Gasteiger partial charge on any atom is -0.486 e. The van der Waals surface area contributed by atoms with E-state index in [1.165, 1.54) is 24.2 Å². The second-order valence-corrected chi connectivity index (χ2v) is 6.72.